The van der Waals surface area contributed by atoms with E-state index in [4.69, 9.17) is 5.14 Å². The molecule has 0 radical (unpaired) electrons. The number of benzene rings is 2. The van der Waals surface area contributed by atoms with Crippen molar-refractivity contribution in [1.82, 2.24) is 0 Å². The van der Waals surface area contributed by atoms with Crippen LogP contribution in [0.1, 0.15) is 24.2 Å². The minimum Gasteiger partial charge on any atom is -0.325 e. The Labute approximate surface area is 147 Å². The zero-order valence-corrected chi connectivity index (χ0v) is 14.8. The molecule has 2 aromatic carbocycles. The van der Waals surface area contributed by atoms with Crippen LogP contribution in [0.4, 0.5) is 5.69 Å². The number of Topliss-reactive ketones (excluding diaryl/α,β-unsaturated/α-hetero) is 1. The van der Waals surface area contributed by atoms with Gasteiger partial charge in [-0.3, -0.25) is 9.59 Å². The Morgan fingerprint density at radius 3 is 2.00 bits per heavy atom. The predicted octanol–water partition coefficient (Wildman–Crippen LogP) is 2.43. The fourth-order valence-electron chi connectivity index (χ4n) is 2.45. The number of hydrogen-bond donors (Lipinski definition) is 2. The number of nitrogens with two attached hydrogens (primary N) is 1. The molecular weight excluding hydrogens is 340 g/mol. The van der Waals surface area contributed by atoms with E-state index in [-0.39, 0.29) is 16.6 Å². The highest BCUT2D eigenvalue weighted by molar-refractivity contribution is 7.89. The zero-order chi connectivity index (χ0) is 18.6. The minimum absolute atomic E-state index is 0.0497. The van der Waals surface area contributed by atoms with E-state index in [1.165, 1.54) is 24.3 Å². The van der Waals surface area contributed by atoms with Crippen molar-refractivity contribution in [2.45, 2.75) is 18.7 Å². The number of sulfonamides is 1. The molecule has 3 N–H and O–H groups in total. The Kier molecular flexibility index (Phi) is 5.71. The van der Waals surface area contributed by atoms with Crippen LogP contribution in [0.25, 0.3) is 0 Å². The summed E-state index contributed by atoms with van der Waals surface area (Å²) in [4.78, 5) is 25.2. The van der Waals surface area contributed by atoms with Gasteiger partial charge in [-0.25, -0.2) is 13.6 Å². The van der Waals surface area contributed by atoms with E-state index in [0.29, 0.717) is 11.3 Å². The molecule has 0 aliphatic heterocycles. The fourth-order valence-corrected chi connectivity index (χ4v) is 2.97. The summed E-state index contributed by atoms with van der Waals surface area (Å²) in [5.41, 5.74) is 0.866. The lowest BCUT2D eigenvalue weighted by molar-refractivity contribution is -0.119. The first kappa shape index (κ1) is 18.8. The molecule has 132 valence electrons. The maximum Gasteiger partial charge on any atom is 0.238 e. The number of rotatable bonds is 6. The van der Waals surface area contributed by atoms with Crippen molar-refractivity contribution >= 4 is 27.4 Å². The van der Waals surface area contributed by atoms with Crippen LogP contribution in [0.3, 0.4) is 0 Å². The smallest absolute Gasteiger partial charge is 0.238 e. The highest BCUT2D eigenvalue weighted by atomic mass is 32.2. The molecule has 0 aliphatic carbocycles. The van der Waals surface area contributed by atoms with Gasteiger partial charge in [0.05, 0.1) is 4.90 Å². The molecule has 0 spiro atoms. The van der Waals surface area contributed by atoms with Crippen molar-refractivity contribution in [2.24, 2.45) is 17.0 Å². The molecule has 2 rings (SSSR count). The van der Waals surface area contributed by atoms with Crippen molar-refractivity contribution in [1.29, 1.82) is 0 Å². The van der Waals surface area contributed by atoms with Crippen LogP contribution in [0.2, 0.25) is 0 Å². The largest absolute Gasteiger partial charge is 0.325 e. The van der Waals surface area contributed by atoms with Gasteiger partial charge < -0.3 is 5.32 Å². The Bertz CT molecular complexity index is 860. The third-order valence-corrected chi connectivity index (χ3v) is 4.67. The Balaban J connectivity index is 2.20. The molecule has 2 aromatic rings. The molecule has 6 nitrogen and oxygen atoms in total. The van der Waals surface area contributed by atoms with E-state index in [2.05, 4.69) is 5.32 Å². The maximum atomic E-state index is 12.6. The van der Waals surface area contributed by atoms with E-state index >= 15 is 0 Å². The Morgan fingerprint density at radius 2 is 1.52 bits per heavy atom. The predicted molar refractivity (Wildman–Crippen MR) is 95.5 cm³/mol. The summed E-state index contributed by atoms with van der Waals surface area (Å²) in [6, 6.07) is 14.1. The highest BCUT2D eigenvalue weighted by Gasteiger charge is 2.30. The molecule has 25 heavy (non-hydrogen) atoms. The van der Waals surface area contributed by atoms with Crippen molar-refractivity contribution in [3.05, 3.63) is 60.2 Å². The van der Waals surface area contributed by atoms with Crippen LogP contribution < -0.4 is 10.5 Å². The Morgan fingerprint density at radius 1 is 0.960 bits per heavy atom. The normalized spacial score (nSPS) is 12.6. The first-order chi connectivity index (χ1) is 11.7. The second kappa shape index (κ2) is 7.58. The molecule has 0 aliphatic rings. The standard InChI is InChI=1S/C18H20N2O4S/c1-12(2)16(17(21)13-6-4-3-5-7-13)18(22)20-14-8-10-15(11-9-14)25(19,23)24/h3-12,16H,1-2H3,(H,20,22)(H2,19,23,24). The lowest BCUT2D eigenvalue weighted by Crippen LogP contribution is -2.33. The van der Waals surface area contributed by atoms with Gasteiger partial charge in [-0.05, 0) is 30.2 Å². The van der Waals surface area contributed by atoms with Gasteiger partial charge in [-0.2, -0.15) is 0 Å². The van der Waals surface area contributed by atoms with Crippen LogP contribution >= 0.6 is 0 Å². The number of primary sulfonamides is 1. The number of carbonyl (C=O) groups is 2. The zero-order valence-electron chi connectivity index (χ0n) is 14.0. The van der Waals surface area contributed by atoms with Crippen molar-refractivity contribution < 1.29 is 18.0 Å². The average molecular weight is 360 g/mol. The fraction of sp³-hybridized carbons (Fsp3) is 0.222. The maximum absolute atomic E-state index is 12.6. The topological polar surface area (TPSA) is 106 Å². The van der Waals surface area contributed by atoms with Crippen LogP contribution in [-0.4, -0.2) is 20.1 Å². The van der Waals surface area contributed by atoms with Gasteiger partial charge in [-0.15, -0.1) is 0 Å². The highest BCUT2D eigenvalue weighted by Crippen LogP contribution is 2.21. The van der Waals surface area contributed by atoms with Gasteiger partial charge in [0.2, 0.25) is 15.9 Å². The summed E-state index contributed by atoms with van der Waals surface area (Å²) in [5, 5.41) is 7.70. The SMILES string of the molecule is CC(C)C(C(=O)Nc1ccc(S(N)(=O)=O)cc1)C(=O)c1ccccc1. The van der Waals surface area contributed by atoms with E-state index < -0.39 is 21.8 Å². The van der Waals surface area contributed by atoms with Crippen LogP contribution in [0.15, 0.2) is 59.5 Å². The molecule has 7 heteroatoms. The van der Waals surface area contributed by atoms with Gasteiger partial charge in [0.1, 0.15) is 5.92 Å². The van der Waals surface area contributed by atoms with E-state index in [1.807, 2.05) is 0 Å². The van der Waals surface area contributed by atoms with E-state index in [1.54, 1.807) is 44.2 Å². The second-order valence-corrected chi connectivity index (χ2v) is 7.57. The van der Waals surface area contributed by atoms with Gasteiger partial charge in [-0.1, -0.05) is 44.2 Å². The molecule has 0 heterocycles. The molecular formula is C18H20N2O4S. The summed E-state index contributed by atoms with van der Waals surface area (Å²) in [6.45, 7) is 3.60. The number of ketones is 1. The summed E-state index contributed by atoms with van der Waals surface area (Å²) in [6.07, 6.45) is 0. The summed E-state index contributed by atoms with van der Waals surface area (Å²) >= 11 is 0. The lowest BCUT2D eigenvalue weighted by atomic mass is 9.87. The van der Waals surface area contributed by atoms with E-state index in [0.717, 1.165) is 0 Å². The van der Waals surface area contributed by atoms with Crippen molar-refractivity contribution in [3.8, 4) is 0 Å². The first-order valence-electron chi connectivity index (χ1n) is 7.73. The minimum atomic E-state index is -3.79. The number of anilines is 1. The molecule has 0 aromatic heterocycles. The Hall–Kier alpha value is -2.51. The molecule has 0 saturated heterocycles. The lowest BCUT2D eigenvalue weighted by Gasteiger charge is -2.19. The van der Waals surface area contributed by atoms with Crippen LogP contribution in [-0.2, 0) is 14.8 Å². The van der Waals surface area contributed by atoms with Crippen molar-refractivity contribution in [3.63, 3.8) is 0 Å². The quantitative estimate of drug-likeness (QED) is 0.609. The third-order valence-electron chi connectivity index (χ3n) is 3.74. The summed E-state index contributed by atoms with van der Waals surface area (Å²) in [5.74, 6) is -1.74. The second-order valence-electron chi connectivity index (χ2n) is 6.01. The van der Waals surface area contributed by atoms with Gasteiger partial charge >= 0.3 is 0 Å². The molecule has 0 bridgehead atoms. The number of amides is 1. The monoisotopic (exact) mass is 360 g/mol. The summed E-state index contributed by atoms with van der Waals surface area (Å²) < 4.78 is 22.5. The van der Waals surface area contributed by atoms with Gasteiger partial charge in [0.15, 0.2) is 5.78 Å². The summed E-state index contributed by atoms with van der Waals surface area (Å²) in [7, 11) is -3.79. The van der Waals surface area contributed by atoms with E-state index in [9.17, 15) is 18.0 Å². The number of nitrogens with one attached hydrogen (secondary N) is 1. The van der Waals surface area contributed by atoms with Gasteiger partial charge in [0, 0.05) is 11.3 Å². The van der Waals surface area contributed by atoms with Crippen LogP contribution in [0.5, 0.6) is 0 Å². The first-order valence-corrected chi connectivity index (χ1v) is 9.28. The molecule has 1 atom stereocenters. The molecule has 0 saturated carbocycles. The van der Waals surface area contributed by atoms with Crippen molar-refractivity contribution in [2.75, 3.05) is 5.32 Å². The third kappa shape index (κ3) is 4.74. The van der Waals surface area contributed by atoms with Crippen LogP contribution in [0, 0.1) is 11.8 Å². The average Bonchev–Trinajstić information content (AvgIpc) is 2.55. The molecule has 0 fully saturated rings. The van der Waals surface area contributed by atoms with Gasteiger partial charge in [0.25, 0.3) is 0 Å². The molecule has 1 unspecified atom stereocenters. The number of carbonyl (C=O) groups excluding carboxylic acids is 2. The number of hydrogen-bond acceptors (Lipinski definition) is 4. The molecule has 1 amide bonds.